The summed E-state index contributed by atoms with van der Waals surface area (Å²) in [5, 5.41) is 0. The normalized spacial score (nSPS) is 15.5. The van der Waals surface area contributed by atoms with Gasteiger partial charge < -0.3 is 14.5 Å². The van der Waals surface area contributed by atoms with Crippen LogP contribution >= 0.6 is 38.5 Å². The molecular formula is C17H12BrIN2O2. The fourth-order valence-electron chi connectivity index (χ4n) is 2.62. The zero-order valence-electron chi connectivity index (χ0n) is 12.1. The number of aromatic nitrogens is 2. The van der Waals surface area contributed by atoms with Crippen LogP contribution in [0.4, 0.5) is 0 Å². The second-order valence-corrected chi connectivity index (χ2v) is 7.32. The van der Waals surface area contributed by atoms with Gasteiger partial charge in [-0.25, -0.2) is 0 Å². The summed E-state index contributed by atoms with van der Waals surface area (Å²) in [5.74, 6) is 2.88. The number of imidazole rings is 1. The Bertz CT molecular complexity index is 877. The van der Waals surface area contributed by atoms with Gasteiger partial charge in [-0.3, -0.25) is 0 Å². The molecule has 1 aromatic heterocycles. The number of hydrogen-bond donors (Lipinski definition) is 1. The summed E-state index contributed by atoms with van der Waals surface area (Å²) in [4.78, 5) is 8.02. The molecule has 23 heavy (non-hydrogen) atoms. The van der Waals surface area contributed by atoms with Crippen LogP contribution in [0.15, 0.2) is 46.9 Å². The van der Waals surface area contributed by atoms with Crippen LogP contribution in [0.25, 0.3) is 11.4 Å². The maximum atomic E-state index is 6.01. The van der Waals surface area contributed by atoms with E-state index in [0.29, 0.717) is 5.88 Å². The molecule has 0 aliphatic carbocycles. The summed E-state index contributed by atoms with van der Waals surface area (Å²) >= 11 is 5.85. The Morgan fingerprint density at radius 3 is 2.74 bits per heavy atom. The molecule has 1 aliphatic heterocycles. The lowest BCUT2D eigenvalue weighted by atomic mass is 10.1. The number of nitrogens with one attached hydrogen (secondary N) is 1. The maximum absolute atomic E-state index is 6.01. The molecule has 1 unspecified atom stereocenters. The Kier molecular flexibility index (Phi) is 3.81. The molecular weight excluding hydrogens is 471 g/mol. The third-order valence-electron chi connectivity index (χ3n) is 3.77. The van der Waals surface area contributed by atoms with Gasteiger partial charge in [-0.05, 0) is 18.2 Å². The minimum atomic E-state index is 0.137. The van der Waals surface area contributed by atoms with Crippen molar-refractivity contribution >= 4 is 38.5 Å². The first kappa shape index (κ1) is 15.0. The molecule has 3 aromatic rings. The smallest absolute Gasteiger partial charge is 0.242 e. The van der Waals surface area contributed by atoms with E-state index in [9.17, 15) is 0 Å². The van der Waals surface area contributed by atoms with E-state index in [1.54, 1.807) is 7.11 Å². The summed E-state index contributed by atoms with van der Waals surface area (Å²) in [6.07, 6.45) is 0. The standard InChI is InChI=1S/C17H12BrIN2O2/c1-22-12-4-2-3-11-13(19)14-17(23-15(11)12)21-16(20-14)9-5-7-10(18)8-6-9/h2-8,13H,1H3,(H,20,21). The van der Waals surface area contributed by atoms with Crippen LogP contribution in [0.3, 0.4) is 0 Å². The van der Waals surface area contributed by atoms with E-state index in [0.717, 1.165) is 38.6 Å². The lowest BCUT2D eigenvalue weighted by molar-refractivity contribution is 0.366. The van der Waals surface area contributed by atoms with Crippen molar-refractivity contribution in [1.29, 1.82) is 0 Å². The number of alkyl halides is 1. The van der Waals surface area contributed by atoms with Crippen LogP contribution in [0.5, 0.6) is 17.4 Å². The molecule has 4 rings (SSSR count). The van der Waals surface area contributed by atoms with Crippen molar-refractivity contribution in [2.24, 2.45) is 0 Å². The SMILES string of the molecule is COc1cccc2c1Oc1nc(-c3ccc(Br)cc3)[nH]c1C2I. The molecule has 1 aliphatic rings. The number of methoxy groups -OCH3 is 1. The van der Waals surface area contributed by atoms with Gasteiger partial charge in [0.2, 0.25) is 5.88 Å². The van der Waals surface area contributed by atoms with E-state index < -0.39 is 0 Å². The van der Waals surface area contributed by atoms with E-state index in [2.05, 4.69) is 54.6 Å². The first-order chi connectivity index (χ1) is 11.2. The van der Waals surface area contributed by atoms with Gasteiger partial charge in [-0.15, -0.1) is 0 Å². The molecule has 0 fully saturated rings. The number of rotatable bonds is 2. The number of hydrogen-bond acceptors (Lipinski definition) is 3. The molecule has 1 atom stereocenters. The minimum Gasteiger partial charge on any atom is -0.493 e. The van der Waals surface area contributed by atoms with Crippen molar-refractivity contribution in [3.05, 3.63) is 58.2 Å². The van der Waals surface area contributed by atoms with Gasteiger partial charge in [-0.1, -0.05) is 62.8 Å². The Balaban J connectivity index is 1.80. The van der Waals surface area contributed by atoms with Gasteiger partial charge in [0, 0.05) is 15.6 Å². The van der Waals surface area contributed by atoms with Crippen LogP contribution in [0.2, 0.25) is 0 Å². The van der Waals surface area contributed by atoms with Gasteiger partial charge in [0.15, 0.2) is 11.5 Å². The molecule has 6 heteroatoms. The summed E-state index contributed by atoms with van der Waals surface area (Å²) in [6.45, 7) is 0. The predicted molar refractivity (Wildman–Crippen MR) is 101 cm³/mol. The number of ether oxygens (including phenoxy) is 2. The lowest BCUT2D eigenvalue weighted by Crippen LogP contribution is -2.06. The Morgan fingerprint density at radius 1 is 1.22 bits per heavy atom. The topological polar surface area (TPSA) is 47.1 Å². The molecule has 2 aromatic carbocycles. The van der Waals surface area contributed by atoms with E-state index in [4.69, 9.17) is 9.47 Å². The first-order valence-electron chi connectivity index (χ1n) is 7.02. The largest absolute Gasteiger partial charge is 0.493 e. The number of para-hydroxylation sites is 1. The monoisotopic (exact) mass is 482 g/mol. The van der Waals surface area contributed by atoms with Crippen molar-refractivity contribution in [2.75, 3.05) is 7.11 Å². The highest BCUT2D eigenvalue weighted by Gasteiger charge is 2.31. The summed E-state index contributed by atoms with van der Waals surface area (Å²) < 4.78 is 12.6. The quantitative estimate of drug-likeness (QED) is 0.388. The van der Waals surface area contributed by atoms with Gasteiger partial charge >= 0.3 is 0 Å². The molecule has 0 saturated carbocycles. The van der Waals surface area contributed by atoms with Crippen LogP contribution in [-0.4, -0.2) is 17.1 Å². The fraction of sp³-hybridized carbons (Fsp3) is 0.118. The molecule has 116 valence electrons. The molecule has 4 nitrogen and oxygen atoms in total. The van der Waals surface area contributed by atoms with Gasteiger partial charge in [0.1, 0.15) is 5.82 Å². The van der Waals surface area contributed by atoms with Crippen molar-refractivity contribution in [3.63, 3.8) is 0 Å². The van der Waals surface area contributed by atoms with Crippen molar-refractivity contribution < 1.29 is 9.47 Å². The molecule has 0 bridgehead atoms. The maximum Gasteiger partial charge on any atom is 0.242 e. The molecule has 1 N–H and O–H groups in total. The van der Waals surface area contributed by atoms with E-state index >= 15 is 0 Å². The highest BCUT2D eigenvalue weighted by Crippen LogP contribution is 2.50. The average Bonchev–Trinajstić information content (AvgIpc) is 2.99. The van der Waals surface area contributed by atoms with Crippen LogP contribution in [0, 0.1) is 0 Å². The highest BCUT2D eigenvalue weighted by molar-refractivity contribution is 14.1. The van der Waals surface area contributed by atoms with Gasteiger partial charge in [-0.2, -0.15) is 4.98 Å². The van der Waals surface area contributed by atoms with Crippen molar-refractivity contribution in [1.82, 2.24) is 9.97 Å². The molecule has 2 heterocycles. The zero-order valence-corrected chi connectivity index (χ0v) is 15.9. The fourth-order valence-corrected chi connectivity index (χ4v) is 3.80. The second kappa shape index (κ2) is 5.83. The van der Waals surface area contributed by atoms with E-state index in [1.807, 2.05) is 36.4 Å². The first-order valence-corrected chi connectivity index (χ1v) is 9.06. The van der Waals surface area contributed by atoms with E-state index in [1.165, 1.54) is 0 Å². The Hall–Kier alpha value is -1.54. The van der Waals surface area contributed by atoms with Crippen LogP contribution in [0.1, 0.15) is 15.2 Å². The highest BCUT2D eigenvalue weighted by atomic mass is 127. The van der Waals surface area contributed by atoms with Gasteiger partial charge in [0.25, 0.3) is 0 Å². The minimum absolute atomic E-state index is 0.137. The van der Waals surface area contributed by atoms with Gasteiger partial charge in [0.05, 0.1) is 16.7 Å². The Labute approximate surface area is 155 Å². The molecule has 0 radical (unpaired) electrons. The molecule has 0 saturated heterocycles. The number of halogens is 2. The van der Waals surface area contributed by atoms with Crippen LogP contribution < -0.4 is 9.47 Å². The number of benzene rings is 2. The molecule has 0 spiro atoms. The van der Waals surface area contributed by atoms with Crippen LogP contribution in [-0.2, 0) is 0 Å². The third kappa shape index (κ3) is 2.53. The van der Waals surface area contributed by atoms with Crippen molar-refractivity contribution in [3.8, 4) is 28.8 Å². The van der Waals surface area contributed by atoms with E-state index in [-0.39, 0.29) is 3.92 Å². The number of fused-ring (bicyclic) bond motifs is 2. The third-order valence-corrected chi connectivity index (χ3v) is 5.59. The molecule has 0 amide bonds. The Morgan fingerprint density at radius 2 is 2.00 bits per heavy atom. The summed E-state index contributed by atoms with van der Waals surface area (Å²) in [5.41, 5.74) is 3.08. The van der Waals surface area contributed by atoms with Crippen molar-refractivity contribution in [2.45, 2.75) is 3.92 Å². The lowest BCUT2D eigenvalue weighted by Gasteiger charge is -2.22. The summed E-state index contributed by atoms with van der Waals surface area (Å²) in [6, 6.07) is 14.0. The average molecular weight is 483 g/mol. The zero-order chi connectivity index (χ0) is 16.0. The second-order valence-electron chi connectivity index (χ2n) is 5.15. The number of H-pyrrole nitrogens is 1. The predicted octanol–water partition coefficient (Wildman–Crippen LogP) is 5.48. The number of aromatic amines is 1. The summed E-state index contributed by atoms with van der Waals surface area (Å²) in [7, 11) is 1.65. The number of nitrogens with zero attached hydrogens (tertiary/aromatic N) is 1.